The average Bonchev–Trinajstić information content (AvgIpc) is 1.72. The monoisotopic (exact) mass is 375 g/mol. The molecule has 0 N–H and O–H groups in total. The zero-order valence-electron chi connectivity index (χ0n) is 7.50. The first-order chi connectivity index (χ1) is 3.35. The van der Waals surface area contributed by atoms with Crippen molar-refractivity contribution in [1.29, 1.82) is 0 Å². The van der Waals surface area contributed by atoms with Gasteiger partial charge in [-0.3, -0.25) is 0 Å². The molecule has 0 spiro atoms. The van der Waals surface area contributed by atoms with Crippen LogP contribution in [0.1, 0.15) is 20.8 Å². The van der Waals surface area contributed by atoms with Gasteiger partial charge in [-0.1, -0.05) is 20.8 Å². The molecule has 0 rings (SSSR count). The fourth-order valence-corrected chi connectivity index (χ4v) is 0.671. The topological polar surface area (TPSA) is 3.24 Å². The second-order valence-electron chi connectivity index (χ2n) is 1.62. The van der Waals surface area contributed by atoms with Gasteiger partial charge in [-0.15, -0.1) is 50.9 Å². The van der Waals surface area contributed by atoms with Crippen molar-refractivity contribution in [3.8, 4) is 0 Å². The third-order valence-corrected chi connectivity index (χ3v) is 1.34. The zero-order valence-corrected chi connectivity index (χ0v) is 14.1. The van der Waals surface area contributed by atoms with E-state index in [-0.39, 0.29) is 60.8 Å². The molecule has 0 amide bonds. The Labute approximate surface area is 106 Å². The van der Waals surface area contributed by atoms with E-state index in [4.69, 9.17) is 0 Å². The summed E-state index contributed by atoms with van der Waals surface area (Å²) in [6.45, 7) is 10.1. The van der Waals surface area contributed by atoms with Crippen LogP contribution in [0.5, 0.6) is 0 Å². The molecule has 1 nitrogen and oxygen atoms in total. The van der Waals surface area contributed by atoms with Crippen LogP contribution in [0.2, 0.25) is 0 Å². The molecule has 0 fully saturated rings. The second-order valence-corrected chi connectivity index (χ2v) is 1.62. The van der Waals surface area contributed by atoms with Crippen LogP contribution in [0.4, 0.5) is 0 Å². The van der Waals surface area contributed by atoms with Crippen LogP contribution in [-0.2, 0) is 0 Å². The molecular weight excluding hydrogens is 357 g/mol. The maximum atomic E-state index is 2.38. The summed E-state index contributed by atoms with van der Waals surface area (Å²) in [4.78, 5) is 2.38. The summed E-state index contributed by atoms with van der Waals surface area (Å²) in [6.07, 6.45) is 0. The minimum atomic E-state index is 0. The SMILES string of the molecule is Br.Br.Br.CCN(CC)CC.P. The van der Waals surface area contributed by atoms with Gasteiger partial charge in [0.25, 0.3) is 0 Å². The Bertz CT molecular complexity index is 39.3. The highest BCUT2D eigenvalue weighted by molar-refractivity contribution is 8.93. The summed E-state index contributed by atoms with van der Waals surface area (Å²) in [5.74, 6) is 0. The van der Waals surface area contributed by atoms with E-state index in [2.05, 4.69) is 25.7 Å². The van der Waals surface area contributed by atoms with Crippen molar-refractivity contribution < 1.29 is 0 Å². The van der Waals surface area contributed by atoms with Crippen molar-refractivity contribution in [2.24, 2.45) is 0 Å². The van der Waals surface area contributed by atoms with Crippen LogP contribution in [-0.4, -0.2) is 24.5 Å². The summed E-state index contributed by atoms with van der Waals surface area (Å²) in [6, 6.07) is 0. The molecule has 0 aliphatic carbocycles. The standard InChI is InChI=1S/C6H15N.3BrH.H3P/c1-4-7(5-2)6-3;;;;/h4-6H2,1-3H3;3*1H;1H3. The van der Waals surface area contributed by atoms with E-state index in [0.717, 1.165) is 0 Å². The van der Waals surface area contributed by atoms with E-state index in [9.17, 15) is 0 Å². The highest BCUT2D eigenvalue weighted by Crippen LogP contribution is 1.81. The van der Waals surface area contributed by atoms with Crippen LogP contribution in [0.15, 0.2) is 0 Å². The molecule has 0 heterocycles. The first-order valence-corrected chi connectivity index (χ1v) is 3.07. The molecule has 0 aromatic heterocycles. The molecule has 0 saturated heterocycles. The van der Waals surface area contributed by atoms with E-state index in [1.54, 1.807) is 0 Å². The Morgan fingerprint density at radius 3 is 0.909 bits per heavy atom. The molecule has 0 aromatic rings. The van der Waals surface area contributed by atoms with Crippen molar-refractivity contribution in [2.75, 3.05) is 19.6 Å². The minimum absolute atomic E-state index is 0. The van der Waals surface area contributed by atoms with Gasteiger partial charge in [0.15, 0.2) is 0 Å². The lowest BCUT2D eigenvalue weighted by molar-refractivity contribution is 0.321. The Morgan fingerprint density at radius 2 is 0.909 bits per heavy atom. The normalized spacial score (nSPS) is 6.55. The van der Waals surface area contributed by atoms with Gasteiger partial charge < -0.3 is 4.90 Å². The fourth-order valence-electron chi connectivity index (χ4n) is 0.671. The Balaban J connectivity index is -0.0000000300. The van der Waals surface area contributed by atoms with Gasteiger partial charge in [-0.25, -0.2) is 0 Å². The van der Waals surface area contributed by atoms with Gasteiger partial charge in [0, 0.05) is 0 Å². The highest BCUT2D eigenvalue weighted by Gasteiger charge is 1.89. The maximum Gasteiger partial charge on any atom is -0.00474 e. The van der Waals surface area contributed by atoms with Gasteiger partial charge in [0.2, 0.25) is 0 Å². The molecule has 0 bridgehead atoms. The van der Waals surface area contributed by atoms with Crippen molar-refractivity contribution in [1.82, 2.24) is 4.90 Å². The predicted octanol–water partition coefficient (Wildman–Crippen LogP) is 3.14. The summed E-state index contributed by atoms with van der Waals surface area (Å²) in [5.41, 5.74) is 0. The van der Waals surface area contributed by atoms with Crippen molar-refractivity contribution in [3.05, 3.63) is 0 Å². The van der Waals surface area contributed by atoms with E-state index in [0.29, 0.717) is 0 Å². The van der Waals surface area contributed by atoms with Gasteiger partial charge in [-0.2, -0.15) is 9.90 Å². The zero-order chi connectivity index (χ0) is 5.70. The van der Waals surface area contributed by atoms with Crippen LogP contribution in [0.25, 0.3) is 0 Å². The molecule has 5 heteroatoms. The summed E-state index contributed by atoms with van der Waals surface area (Å²) < 4.78 is 0. The smallest absolute Gasteiger partial charge is 0.00474 e. The average molecular weight is 378 g/mol. The first-order valence-electron chi connectivity index (χ1n) is 3.07. The molecular formula is C6H21Br3NP. The van der Waals surface area contributed by atoms with Crippen molar-refractivity contribution in [3.63, 3.8) is 0 Å². The Hall–Kier alpha value is 1.83. The number of halogens is 3. The van der Waals surface area contributed by atoms with Crippen molar-refractivity contribution in [2.45, 2.75) is 20.8 Å². The van der Waals surface area contributed by atoms with Gasteiger partial charge >= 0.3 is 0 Å². The molecule has 11 heavy (non-hydrogen) atoms. The van der Waals surface area contributed by atoms with E-state index < -0.39 is 0 Å². The van der Waals surface area contributed by atoms with Crippen LogP contribution in [0, 0.1) is 0 Å². The van der Waals surface area contributed by atoms with Gasteiger partial charge in [-0.05, 0) is 19.6 Å². The number of nitrogens with zero attached hydrogens (tertiary/aromatic N) is 1. The number of hydrogen-bond acceptors (Lipinski definition) is 1. The molecule has 1 atom stereocenters. The van der Waals surface area contributed by atoms with Crippen molar-refractivity contribution >= 4 is 60.8 Å². The van der Waals surface area contributed by atoms with Gasteiger partial charge in [0.1, 0.15) is 0 Å². The molecule has 0 aromatic carbocycles. The quantitative estimate of drug-likeness (QED) is 0.683. The summed E-state index contributed by atoms with van der Waals surface area (Å²) in [7, 11) is 0. The van der Waals surface area contributed by atoms with Gasteiger partial charge in [0.05, 0.1) is 0 Å². The van der Waals surface area contributed by atoms with E-state index in [1.807, 2.05) is 0 Å². The molecule has 1 unspecified atom stereocenters. The summed E-state index contributed by atoms with van der Waals surface area (Å²) >= 11 is 0. The number of rotatable bonds is 3. The van der Waals surface area contributed by atoms with Crippen LogP contribution < -0.4 is 0 Å². The van der Waals surface area contributed by atoms with E-state index >= 15 is 0 Å². The van der Waals surface area contributed by atoms with Crippen LogP contribution in [0.3, 0.4) is 0 Å². The highest BCUT2D eigenvalue weighted by atomic mass is 79.9. The molecule has 0 saturated carbocycles. The molecule has 0 aliphatic rings. The van der Waals surface area contributed by atoms with Crippen LogP contribution >= 0.6 is 60.8 Å². The minimum Gasteiger partial charge on any atom is -0.304 e. The number of hydrogen-bond donors (Lipinski definition) is 0. The third kappa shape index (κ3) is 18.6. The third-order valence-electron chi connectivity index (χ3n) is 1.34. The Morgan fingerprint density at radius 1 is 0.727 bits per heavy atom. The largest absolute Gasteiger partial charge is 0.304 e. The Kier molecular flexibility index (Phi) is 60.3. The second kappa shape index (κ2) is 22.6. The lowest BCUT2D eigenvalue weighted by Gasteiger charge is -2.13. The lowest BCUT2D eigenvalue weighted by Crippen LogP contribution is -2.21. The lowest BCUT2D eigenvalue weighted by atomic mass is 10.5. The molecule has 76 valence electrons. The van der Waals surface area contributed by atoms with E-state index in [1.165, 1.54) is 19.6 Å². The molecule has 0 radical (unpaired) electrons. The summed E-state index contributed by atoms with van der Waals surface area (Å²) in [5, 5.41) is 0. The fraction of sp³-hybridized carbons (Fsp3) is 1.00. The predicted molar refractivity (Wildman–Crippen MR) is 75.5 cm³/mol. The molecule has 0 aliphatic heterocycles. The first kappa shape index (κ1) is 29.3. The maximum absolute atomic E-state index is 2.38.